The third-order valence-electron chi connectivity index (χ3n) is 4.43. The van der Waals surface area contributed by atoms with Gasteiger partial charge in [0.2, 0.25) is 5.91 Å². The number of hydrogen-bond acceptors (Lipinski definition) is 6. The predicted octanol–water partition coefficient (Wildman–Crippen LogP) is 6.05. The Hall–Kier alpha value is -3.32. The van der Waals surface area contributed by atoms with Gasteiger partial charge in [-0.05, 0) is 60.9 Å². The van der Waals surface area contributed by atoms with Gasteiger partial charge < -0.3 is 14.2 Å². The van der Waals surface area contributed by atoms with Crippen LogP contribution in [0.1, 0.15) is 32.3 Å². The van der Waals surface area contributed by atoms with Crippen LogP contribution in [0.15, 0.2) is 53.9 Å². The topological polar surface area (TPSA) is 69.7 Å². The molecule has 0 aliphatic heterocycles. The fourth-order valence-corrected chi connectivity index (χ4v) is 3.57. The van der Waals surface area contributed by atoms with Crippen molar-refractivity contribution in [1.29, 1.82) is 0 Å². The van der Waals surface area contributed by atoms with Crippen molar-refractivity contribution >= 4 is 28.5 Å². The van der Waals surface area contributed by atoms with E-state index in [1.807, 2.05) is 54.8 Å². The minimum Gasteiger partial charge on any atom is -0.494 e. The average molecular weight is 453 g/mol. The van der Waals surface area contributed by atoms with Crippen LogP contribution in [0.3, 0.4) is 0 Å². The Labute approximate surface area is 192 Å². The number of ether oxygens (including phenoxy) is 3. The number of aromatic nitrogens is 1. The monoisotopic (exact) mass is 452 g/mol. The lowest BCUT2D eigenvalue weighted by atomic mass is 10.2. The van der Waals surface area contributed by atoms with E-state index in [9.17, 15) is 4.79 Å². The van der Waals surface area contributed by atoms with Crippen molar-refractivity contribution in [3.8, 4) is 28.5 Å². The van der Waals surface area contributed by atoms with Gasteiger partial charge in [0.15, 0.2) is 16.6 Å². The second kappa shape index (κ2) is 11.9. The van der Waals surface area contributed by atoms with Gasteiger partial charge in [0.25, 0.3) is 0 Å². The number of amides is 1. The van der Waals surface area contributed by atoms with Gasteiger partial charge in [-0.25, -0.2) is 4.98 Å². The summed E-state index contributed by atoms with van der Waals surface area (Å²) >= 11 is 1.38. The van der Waals surface area contributed by atoms with Gasteiger partial charge in [0.1, 0.15) is 5.75 Å². The largest absolute Gasteiger partial charge is 0.494 e. The summed E-state index contributed by atoms with van der Waals surface area (Å²) in [5.41, 5.74) is 2.62. The number of carbonyl (C=O) groups is 1. The third kappa shape index (κ3) is 6.59. The molecule has 0 radical (unpaired) electrons. The van der Waals surface area contributed by atoms with Crippen LogP contribution >= 0.6 is 11.3 Å². The van der Waals surface area contributed by atoms with Gasteiger partial charge in [0, 0.05) is 17.0 Å². The van der Waals surface area contributed by atoms with E-state index < -0.39 is 0 Å². The molecule has 0 fully saturated rings. The Balaban J connectivity index is 1.59. The van der Waals surface area contributed by atoms with Crippen molar-refractivity contribution in [3.05, 3.63) is 59.5 Å². The highest BCUT2D eigenvalue weighted by atomic mass is 32.1. The second-order valence-electron chi connectivity index (χ2n) is 6.99. The molecule has 0 saturated heterocycles. The molecule has 0 bridgehead atoms. The van der Waals surface area contributed by atoms with Gasteiger partial charge >= 0.3 is 0 Å². The van der Waals surface area contributed by atoms with Crippen LogP contribution in [0.4, 0.5) is 5.13 Å². The summed E-state index contributed by atoms with van der Waals surface area (Å²) in [6, 6.07) is 13.4. The Morgan fingerprint density at radius 2 is 1.78 bits per heavy atom. The van der Waals surface area contributed by atoms with Gasteiger partial charge in [-0.1, -0.05) is 19.9 Å². The van der Waals surface area contributed by atoms with Crippen LogP contribution in [-0.2, 0) is 4.79 Å². The number of nitrogens with one attached hydrogen (secondary N) is 1. The van der Waals surface area contributed by atoms with E-state index >= 15 is 0 Å². The Kier molecular flexibility index (Phi) is 8.69. The zero-order valence-corrected chi connectivity index (χ0v) is 19.4. The van der Waals surface area contributed by atoms with Gasteiger partial charge in [-0.15, -0.1) is 11.3 Å². The first kappa shape index (κ1) is 23.3. The van der Waals surface area contributed by atoms with Gasteiger partial charge in [-0.2, -0.15) is 0 Å². The van der Waals surface area contributed by atoms with E-state index in [1.165, 1.54) is 17.4 Å². The van der Waals surface area contributed by atoms with E-state index in [0.29, 0.717) is 29.8 Å². The van der Waals surface area contributed by atoms with Crippen molar-refractivity contribution in [2.45, 2.75) is 26.7 Å². The highest BCUT2D eigenvalue weighted by molar-refractivity contribution is 7.14. The molecule has 1 amide bonds. The molecule has 3 aromatic rings. The Morgan fingerprint density at radius 1 is 1.03 bits per heavy atom. The molecular weight excluding hydrogens is 424 g/mol. The fourth-order valence-electron chi connectivity index (χ4n) is 2.84. The minimum absolute atomic E-state index is 0.250. The van der Waals surface area contributed by atoms with Crippen molar-refractivity contribution in [2.24, 2.45) is 0 Å². The van der Waals surface area contributed by atoms with Crippen molar-refractivity contribution in [1.82, 2.24) is 4.98 Å². The van der Waals surface area contributed by atoms with E-state index in [1.54, 1.807) is 13.2 Å². The zero-order chi connectivity index (χ0) is 22.8. The maximum absolute atomic E-state index is 12.3. The van der Waals surface area contributed by atoms with Crippen molar-refractivity contribution < 1.29 is 19.0 Å². The molecule has 0 atom stereocenters. The number of thiazole rings is 1. The van der Waals surface area contributed by atoms with Crippen LogP contribution in [0.25, 0.3) is 17.3 Å². The minimum atomic E-state index is -0.250. The lowest BCUT2D eigenvalue weighted by molar-refractivity contribution is -0.111. The van der Waals surface area contributed by atoms with E-state index in [0.717, 1.165) is 35.4 Å². The molecule has 1 N–H and O–H groups in total. The molecule has 6 nitrogen and oxygen atoms in total. The van der Waals surface area contributed by atoms with Crippen LogP contribution in [0, 0.1) is 0 Å². The summed E-state index contributed by atoms with van der Waals surface area (Å²) < 4.78 is 16.6. The highest BCUT2D eigenvalue weighted by Gasteiger charge is 2.08. The number of anilines is 1. The fraction of sp³-hybridized carbons (Fsp3) is 0.280. The van der Waals surface area contributed by atoms with Crippen LogP contribution in [0.5, 0.6) is 17.2 Å². The van der Waals surface area contributed by atoms with Gasteiger partial charge in [-0.3, -0.25) is 10.1 Å². The summed E-state index contributed by atoms with van der Waals surface area (Å²) in [5, 5.41) is 5.27. The summed E-state index contributed by atoms with van der Waals surface area (Å²) in [6.45, 7) is 5.45. The molecular formula is C25H28N2O4S. The molecule has 0 aliphatic carbocycles. The molecule has 0 unspecified atom stereocenters. The summed E-state index contributed by atoms with van der Waals surface area (Å²) in [4.78, 5) is 16.8. The number of methoxy groups -OCH3 is 1. The number of carbonyl (C=O) groups excluding carboxylic acids is 1. The normalized spacial score (nSPS) is 10.8. The quantitative estimate of drug-likeness (QED) is 0.359. The van der Waals surface area contributed by atoms with E-state index in [-0.39, 0.29) is 5.91 Å². The lowest BCUT2D eigenvalue weighted by Gasteiger charge is -2.10. The molecule has 0 aliphatic rings. The van der Waals surface area contributed by atoms with E-state index in [4.69, 9.17) is 14.2 Å². The number of nitrogens with zero attached hydrogens (tertiary/aromatic N) is 1. The first-order valence-corrected chi connectivity index (χ1v) is 11.5. The molecule has 1 aromatic heterocycles. The van der Waals surface area contributed by atoms with E-state index in [2.05, 4.69) is 17.2 Å². The number of benzene rings is 2. The Bertz CT molecular complexity index is 1040. The summed E-state index contributed by atoms with van der Waals surface area (Å²) in [7, 11) is 1.60. The van der Waals surface area contributed by atoms with Gasteiger partial charge in [0.05, 0.1) is 26.0 Å². The average Bonchev–Trinajstić information content (AvgIpc) is 3.29. The molecule has 3 rings (SSSR count). The zero-order valence-electron chi connectivity index (χ0n) is 18.6. The standard InChI is InChI=1S/C25H28N2O4S/c1-4-14-30-20-10-8-19(9-11-20)21-17-32-25(26-21)27-24(28)13-7-18-6-12-22(31-15-5-2)23(16-18)29-3/h6-13,16-17H,4-5,14-15H2,1-3H3,(H,26,27,28). The number of rotatable bonds is 11. The smallest absolute Gasteiger partial charge is 0.250 e. The Morgan fingerprint density at radius 3 is 2.50 bits per heavy atom. The summed E-state index contributed by atoms with van der Waals surface area (Å²) in [5.74, 6) is 1.92. The molecule has 2 aromatic carbocycles. The first-order valence-electron chi connectivity index (χ1n) is 10.6. The molecule has 0 saturated carbocycles. The molecule has 0 spiro atoms. The van der Waals surface area contributed by atoms with Crippen LogP contribution < -0.4 is 19.5 Å². The lowest BCUT2D eigenvalue weighted by Crippen LogP contribution is -2.07. The maximum atomic E-state index is 12.3. The summed E-state index contributed by atoms with van der Waals surface area (Å²) in [6.07, 6.45) is 5.09. The maximum Gasteiger partial charge on any atom is 0.250 e. The highest BCUT2D eigenvalue weighted by Crippen LogP contribution is 2.29. The number of hydrogen-bond donors (Lipinski definition) is 1. The molecule has 1 heterocycles. The molecule has 32 heavy (non-hydrogen) atoms. The first-order chi connectivity index (χ1) is 15.6. The SMILES string of the molecule is CCCOc1ccc(-c2csc(NC(=O)C=Cc3ccc(OCCC)c(OC)c3)n2)cc1. The van der Waals surface area contributed by atoms with Crippen LogP contribution in [0.2, 0.25) is 0 Å². The van der Waals surface area contributed by atoms with Crippen LogP contribution in [-0.4, -0.2) is 31.2 Å². The van der Waals surface area contributed by atoms with Crippen molar-refractivity contribution in [3.63, 3.8) is 0 Å². The predicted molar refractivity (Wildman–Crippen MR) is 130 cm³/mol. The third-order valence-corrected chi connectivity index (χ3v) is 5.19. The molecule has 168 valence electrons. The van der Waals surface area contributed by atoms with Crippen molar-refractivity contribution in [2.75, 3.05) is 25.6 Å². The second-order valence-corrected chi connectivity index (χ2v) is 7.85. The molecule has 7 heteroatoms.